The van der Waals surface area contributed by atoms with Gasteiger partial charge in [-0.05, 0) is 25.3 Å². The molecule has 106 valence electrons. The molecule has 1 aliphatic rings. The molecule has 1 aromatic heterocycles. The van der Waals surface area contributed by atoms with Crippen molar-refractivity contribution in [3.63, 3.8) is 0 Å². The Balaban J connectivity index is 2.05. The van der Waals surface area contributed by atoms with E-state index >= 15 is 0 Å². The second-order valence-electron chi connectivity index (χ2n) is 4.85. The second-order valence-corrected chi connectivity index (χ2v) is 4.85. The van der Waals surface area contributed by atoms with Gasteiger partial charge >= 0.3 is 0 Å². The Morgan fingerprint density at radius 1 is 1.60 bits per heavy atom. The molecule has 1 fully saturated rings. The monoisotopic (exact) mass is 273 g/mol. The number of nitrogens with zero attached hydrogens (tertiary/aromatic N) is 1. The molecule has 0 saturated heterocycles. The molecule has 0 atom stereocenters. The van der Waals surface area contributed by atoms with Gasteiger partial charge in [0.2, 0.25) is 0 Å². The first-order valence-electron chi connectivity index (χ1n) is 6.67. The predicted molar refractivity (Wildman–Crippen MR) is 76.1 cm³/mol. The van der Waals surface area contributed by atoms with E-state index in [1.807, 2.05) is 0 Å². The van der Waals surface area contributed by atoms with Gasteiger partial charge in [0, 0.05) is 26.0 Å². The number of ether oxygens (including phenoxy) is 1. The molecule has 1 saturated carbocycles. The molecule has 5 heteroatoms. The number of nitrogens with two attached hydrogens (primary N) is 1. The average Bonchev–Trinajstić information content (AvgIpc) is 2.44. The summed E-state index contributed by atoms with van der Waals surface area (Å²) in [6.07, 6.45) is 6.27. The van der Waals surface area contributed by atoms with E-state index < -0.39 is 0 Å². The summed E-state index contributed by atoms with van der Waals surface area (Å²) in [5.74, 6) is 5.45. The van der Waals surface area contributed by atoms with E-state index in [-0.39, 0.29) is 18.1 Å². The smallest absolute Gasteiger partial charge is 0.252 e. The molecule has 0 aromatic carbocycles. The fourth-order valence-corrected chi connectivity index (χ4v) is 2.20. The molecule has 1 heterocycles. The van der Waals surface area contributed by atoms with Crippen molar-refractivity contribution in [3.05, 3.63) is 29.6 Å². The SMILES string of the molecule is COC1(CNC(=O)c2ccncc2C#CCN)CCC1. The highest BCUT2D eigenvalue weighted by Crippen LogP contribution is 2.34. The molecule has 0 spiro atoms. The molecule has 0 bridgehead atoms. The minimum absolute atomic E-state index is 0.156. The van der Waals surface area contributed by atoms with Crippen LogP contribution in [0.25, 0.3) is 0 Å². The van der Waals surface area contributed by atoms with E-state index in [9.17, 15) is 4.79 Å². The van der Waals surface area contributed by atoms with Crippen LogP contribution in [0.2, 0.25) is 0 Å². The maximum Gasteiger partial charge on any atom is 0.252 e. The third-order valence-corrected chi connectivity index (χ3v) is 3.66. The summed E-state index contributed by atoms with van der Waals surface area (Å²) in [6, 6.07) is 1.66. The fraction of sp³-hybridized carbons (Fsp3) is 0.467. The maximum absolute atomic E-state index is 12.2. The Hall–Kier alpha value is -1.90. The Kier molecular flexibility index (Phi) is 4.72. The van der Waals surface area contributed by atoms with Crippen molar-refractivity contribution in [2.24, 2.45) is 5.73 Å². The molecule has 0 radical (unpaired) electrons. The lowest BCUT2D eigenvalue weighted by Crippen LogP contribution is -2.49. The van der Waals surface area contributed by atoms with Crippen molar-refractivity contribution in [2.45, 2.75) is 24.9 Å². The lowest BCUT2D eigenvalue weighted by Gasteiger charge is -2.40. The molecule has 0 unspecified atom stereocenters. The zero-order chi connectivity index (χ0) is 14.4. The molecule has 3 N–H and O–H groups in total. The van der Waals surface area contributed by atoms with Crippen molar-refractivity contribution in [1.82, 2.24) is 10.3 Å². The molecule has 5 nitrogen and oxygen atoms in total. The van der Waals surface area contributed by atoms with Crippen molar-refractivity contribution >= 4 is 5.91 Å². The Labute approximate surface area is 118 Å². The number of pyridine rings is 1. The van der Waals surface area contributed by atoms with Gasteiger partial charge in [-0.25, -0.2) is 0 Å². The number of hydrogen-bond acceptors (Lipinski definition) is 4. The Morgan fingerprint density at radius 3 is 3.00 bits per heavy atom. The van der Waals surface area contributed by atoms with Gasteiger partial charge in [-0.2, -0.15) is 0 Å². The summed E-state index contributed by atoms with van der Waals surface area (Å²) < 4.78 is 5.48. The van der Waals surface area contributed by atoms with Crippen LogP contribution >= 0.6 is 0 Å². The number of nitrogens with one attached hydrogen (secondary N) is 1. The highest BCUT2D eigenvalue weighted by molar-refractivity contribution is 5.96. The quantitative estimate of drug-likeness (QED) is 0.791. The zero-order valence-corrected chi connectivity index (χ0v) is 11.6. The van der Waals surface area contributed by atoms with E-state index in [2.05, 4.69) is 22.1 Å². The number of carbonyl (C=O) groups excluding carboxylic acids is 1. The van der Waals surface area contributed by atoms with Crippen LogP contribution in [-0.4, -0.2) is 36.7 Å². The van der Waals surface area contributed by atoms with Crippen LogP contribution in [0.3, 0.4) is 0 Å². The van der Waals surface area contributed by atoms with Gasteiger partial charge in [0.25, 0.3) is 5.91 Å². The average molecular weight is 273 g/mol. The molecule has 1 amide bonds. The molecule has 20 heavy (non-hydrogen) atoms. The van der Waals surface area contributed by atoms with Crippen LogP contribution in [0.1, 0.15) is 35.2 Å². The van der Waals surface area contributed by atoms with Crippen LogP contribution < -0.4 is 11.1 Å². The highest BCUT2D eigenvalue weighted by Gasteiger charge is 2.37. The third-order valence-electron chi connectivity index (χ3n) is 3.66. The summed E-state index contributed by atoms with van der Waals surface area (Å²) in [6.45, 7) is 0.775. The minimum atomic E-state index is -0.189. The van der Waals surface area contributed by atoms with Crippen LogP contribution in [0.15, 0.2) is 18.5 Å². The van der Waals surface area contributed by atoms with Gasteiger partial charge in [0.05, 0.1) is 23.3 Å². The normalized spacial score (nSPS) is 15.7. The van der Waals surface area contributed by atoms with Crippen LogP contribution in [0.4, 0.5) is 0 Å². The van der Waals surface area contributed by atoms with E-state index in [0.29, 0.717) is 17.7 Å². The lowest BCUT2D eigenvalue weighted by molar-refractivity contribution is -0.0679. The first-order valence-corrected chi connectivity index (χ1v) is 6.67. The molecule has 1 aliphatic carbocycles. The minimum Gasteiger partial charge on any atom is -0.376 e. The second kappa shape index (κ2) is 6.51. The van der Waals surface area contributed by atoms with Gasteiger partial charge < -0.3 is 15.8 Å². The van der Waals surface area contributed by atoms with Gasteiger partial charge in [-0.3, -0.25) is 9.78 Å². The molecular formula is C15H19N3O2. The predicted octanol–water partition coefficient (Wildman–Crippen LogP) is 0.691. The van der Waals surface area contributed by atoms with Crippen molar-refractivity contribution in [2.75, 3.05) is 20.2 Å². The summed E-state index contributed by atoms with van der Waals surface area (Å²) in [5.41, 5.74) is 6.28. The van der Waals surface area contributed by atoms with Gasteiger partial charge in [-0.15, -0.1) is 0 Å². The topological polar surface area (TPSA) is 77.2 Å². The summed E-state index contributed by atoms with van der Waals surface area (Å²) in [4.78, 5) is 16.2. The van der Waals surface area contributed by atoms with E-state index in [4.69, 9.17) is 10.5 Å². The van der Waals surface area contributed by atoms with Crippen molar-refractivity contribution in [1.29, 1.82) is 0 Å². The zero-order valence-electron chi connectivity index (χ0n) is 11.6. The van der Waals surface area contributed by atoms with E-state index in [1.54, 1.807) is 25.6 Å². The number of rotatable bonds is 4. The lowest BCUT2D eigenvalue weighted by atomic mass is 9.80. The first kappa shape index (κ1) is 14.5. The van der Waals surface area contributed by atoms with E-state index in [0.717, 1.165) is 19.3 Å². The summed E-state index contributed by atoms with van der Waals surface area (Å²) in [7, 11) is 1.69. The number of hydrogen-bond donors (Lipinski definition) is 2. The van der Waals surface area contributed by atoms with Gasteiger partial charge in [0.15, 0.2) is 0 Å². The standard InChI is InChI=1S/C15H19N3O2/c1-20-15(6-3-7-15)11-18-14(19)13-5-9-17-10-12(13)4-2-8-16/h5,9-10H,3,6-8,11,16H2,1H3,(H,18,19). The van der Waals surface area contributed by atoms with Crippen LogP contribution in [0, 0.1) is 11.8 Å². The van der Waals surface area contributed by atoms with Crippen molar-refractivity contribution in [3.8, 4) is 11.8 Å². The van der Waals surface area contributed by atoms with Crippen LogP contribution in [-0.2, 0) is 4.74 Å². The largest absolute Gasteiger partial charge is 0.376 e. The number of carbonyl (C=O) groups is 1. The Bertz CT molecular complexity index is 536. The summed E-state index contributed by atoms with van der Waals surface area (Å²) in [5, 5.41) is 2.92. The highest BCUT2D eigenvalue weighted by atomic mass is 16.5. The number of amides is 1. The molecular weight excluding hydrogens is 254 g/mol. The van der Waals surface area contributed by atoms with Gasteiger partial charge in [-0.1, -0.05) is 11.8 Å². The molecule has 0 aliphatic heterocycles. The van der Waals surface area contributed by atoms with Crippen LogP contribution in [0.5, 0.6) is 0 Å². The summed E-state index contributed by atoms with van der Waals surface area (Å²) >= 11 is 0. The molecule has 1 aromatic rings. The number of methoxy groups -OCH3 is 1. The van der Waals surface area contributed by atoms with Gasteiger partial charge in [0.1, 0.15) is 0 Å². The van der Waals surface area contributed by atoms with Crippen molar-refractivity contribution < 1.29 is 9.53 Å². The fourth-order valence-electron chi connectivity index (χ4n) is 2.20. The first-order chi connectivity index (χ1) is 9.71. The number of aromatic nitrogens is 1. The van der Waals surface area contributed by atoms with E-state index in [1.165, 1.54) is 0 Å². The Morgan fingerprint density at radius 2 is 2.40 bits per heavy atom. The molecule has 2 rings (SSSR count). The maximum atomic E-state index is 12.2. The third kappa shape index (κ3) is 3.16.